The molecule has 0 fully saturated rings. The van der Waals surface area contributed by atoms with Gasteiger partial charge in [0, 0.05) is 5.56 Å². The van der Waals surface area contributed by atoms with E-state index in [1.165, 1.54) is 36.4 Å². The van der Waals surface area contributed by atoms with Gasteiger partial charge in [0.2, 0.25) is 0 Å². The van der Waals surface area contributed by atoms with Crippen LogP contribution in [0.3, 0.4) is 0 Å². The molecule has 0 spiro atoms. The molecular formula is C14H7ClF3NO. The standard InChI is InChI=1S/C14H7ClF3NO/c15-11-3-1-2-10(13(11)16)8-4-5-9(7-19)12(6-8)20-14(17)18/h1-6,14H. The molecule has 0 atom stereocenters. The summed E-state index contributed by atoms with van der Waals surface area (Å²) in [5, 5.41) is 8.74. The molecule has 6 heteroatoms. The number of ether oxygens (including phenoxy) is 1. The van der Waals surface area contributed by atoms with Crippen LogP contribution in [-0.2, 0) is 0 Å². The number of alkyl halides is 2. The summed E-state index contributed by atoms with van der Waals surface area (Å²) in [5.41, 5.74) is 0.372. The summed E-state index contributed by atoms with van der Waals surface area (Å²) in [6.07, 6.45) is 0. The van der Waals surface area contributed by atoms with Gasteiger partial charge in [0.1, 0.15) is 17.6 Å². The number of hydrogen-bond donors (Lipinski definition) is 0. The Morgan fingerprint density at radius 2 is 1.95 bits per heavy atom. The van der Waals surface area contributed by atoms with Crippen LogP contribution in [0.1, 0.15) is 5.56 Å². The van der Waals surface area contributed by atoms with Gasteiger partial charge in [0.05, 0.1) is 10.6 Å². The molecule has 2 aromatic rings. The lowest BCUT2D eigenvalue weighted by molar-refractivity contribution is -0.0500. The highest BCUT2D eigenvalue weighted by atomic mass is 35.5. The minimum atomic E-state index is -3.07. The van der Waals surface area contributed by atoms with Crippen LogP contribution in [-0.4, -0.2) is 6.61 Å². The molecule has 0 saturated carbocycles. The molecule has 0 bridgehead atoms. The van der Waals surface area contributed by atoms with Crippen LogP contribution in [0.2, 0.25) is 5.02 Å². The molecular weight excluding hydrogens is 291 g/mol. The molecule has 0 aliphatic carbocycles. The van der Waals surface area contributed by atoms with Gasteiger partial charge in [-0.2, -0.15) is 14.0 Å². The van der Waals surface area contributed by atoms with Crippen molar-refractivity contribution in [1.29, 1.82) is 5.26 Å². The average molecular weight is 298 g/mol. The fraction of sp³-hybridized carbons (Fsp3) is 0.0714. The van der Waals surface area contributed by atoms with Crippen LogP contribution in [0.15, 0.2) is 36.4 Å². The third-order valence-electron chi connectivity index (χ3n) is 2.58. The maximum Gasteiger partial charge on any atom is 0.387 e. The minimum Gasteiger partial charge on any atom is -0.433 e. The maximum atomic E-state index is 13.9. The molecule has 20 heavy (non-hydrogen) atoms. The minimum absolute atomic E-state index is 0.0588. The second-order valence-corrected chi connectivity index (χ2v) is 4.21. The first kappa shape index (κ1) is 14.2. The fourth-order valence-corrected chi connectivity index (χ4v) is 1.88. The number of nitrogens with zero attached hydrogens (tertiary/aromatic N) is 1. The Labute approximate surface area is 118 Å². The summed E-state index contributed by atoms with van der Waals surface area (Å²) in [7, 11) is 0. The predicted molar refractivity (Wildman–Crippen MR) is 68.2 cm³/mol. The van der Waals surface area contributed by atoms with E-state index in [9.17, 15) is 13.2 Å². The van der Waals surface area contributed by atoms with Gasteiger partial charge >= 0.3 is 6.61 Å². The lowest BCUT2D eigenvalue weighted by Gasteiger charge is -2.10. The van der Waals surface area contributed by atoms with Gasteiger partial charge in [0.25, 0.3) is 0 Å². The van der Waals surface area contributed by atoms with E-state index in [2.05, 4.69) is 4.74 Å². The second-order valence-electron chi connectivity index (χ2n) is 3.80. The van der Waals surface area contributed by atoms with Crippen LogP contribution in [0, 0.1) is 17.1 Å². The van der Waals surface area contributed by atoms with Crippen molar-refractivity contribution in [2.45, 2.75) is 6.61 Å². The summed E-state index contributed by atoms with van der Waals surface area (Å²) in [6.45, 7) is -3.07. The van der Waals surface area contributed by atoms with Gasteiger partial charge in [-0.3, -0.25) is 0 Å². The summed E-state index contributed by atoms with van der Waals surface area (Å²) in [4.78, 5) is 0. The Morgan fingerprint density at radius 3 is 2.60 bits per heavy atom. The SMILES string of the molecule is N#Cc1ccc(-c2cccc(Cl)c2F)cc1OC(F)F. The van der Waals surface area contributed by atoms with Gasteiger partial charge in [-0.05, 0) is 23.8 Å². The topological polar surface area (TPSA) is 33.0 Å². The van der Waals surface area contributed by atoms with Gasteiger partial charge in [-0.25, -0.2) is 4.39 Å². The summed E-state index contributed by atoms with van der Waals surface area (Å²) in [5.74, 6) is -0.971. The van der Waals surface area contributed by atoms with Gasteiger partial charge in [-0.1, -0.05) is 29.8 Å². The van der Waals surface area contributed by atoms with E-state index in [-0.39, 0.29) is 21.9 Å². The normalized spacial score (nSPS) is 10.4. The van der Waals surface area contributed by atoms with Crippen molar-refractivity contribution >= 4 is 11.6 Å². The molecule has 0 radical (unpaired) electrons. The number of nitriles is 1. The molecule has 0 saturated heterocycles. The van der Waals surface area contributed by atoms with Crippen LogP contribution in [0.5, 0.6) is 5.75 Å². The molecule has 0 aromatic heterocycles. The Kier molecular flexibility index (Phi) is 4.16. The molecule has 0 heterocycles. The largest absolute Gasteiger partial charge is 0.433 e. The van der Waals surface area contributed by atoms with Crippen molar-refractivity contribution in [2.75, 3.05) is 0 Å². The quantitative estimate of drug-likeness (QED) is 0.828. The Balaban J connectivity index is 2.53. The zero-order valence-corrected chi connectivity index (χ0v) is 10.7. The van der Waals surface area contributed by atoms with Crippen LogP contribution < -0.4 is 4.74 Å². The summed E-state index contributed by atoms with van der Waals surface area (Å²) in [6, 6.07) is 9.99. The van der Waals surface area contributed by atoms with Crippen molar-refractivity contribution in [3.8, 4) is 22.9 Å². The Bertz CT molecular complexity index is 683. The lowest BCUT2D eigenvalue weighted by atomic mass is 10.0. The first-order valence-electron chi connectivity index (χ1n) is 5.46. The van der Waals surface area contributed by atoms with E-state index < -0.39 is 12.4 Å². The predicted octanol–water partition coefficient (Wildman–Crippen LogP) is 4.62. The average Bonchev–Trinajstić information content (AvgIpc) is 2.41. The molecule has 0 aliphatic rings. The van der Waals surface area contributed by atoms with Gasteiger partial charge < -0.3 is 4.74 Å². The Morgan fingerprint density at radius 1 is 1.20 bits per heavy atom. The third kappa shape index (κ3) is 2.86. The second kappa shape index (κ2) is 5.85. The smallest absolute Gasteiger partial charge is 0.387 e. The van der Waals surface area contributed by atoms with E-state index >= 15 is 0 Å². The van der Waals surface area contributed by atoms with Crippen molar-refractivity contribution in [3.63, 3.8) is 0 Å². The van der Waals surface area contributed by atoms with E-state index in [1.807, 2.05) is 0 Å². The van der Waals surface area contributed by atoms with Crippen LogP contribution in [0.25, 0.3) is 11.1 Å². The number of benzene rings is 2. The highest BCUT2D eigenvalue weighted by Gasteiger charge is 2.14. The lowest BCUT2D eigenvalue weighted by Crippen LogP contribution is -2.03. The number of hydrogen-bond acceptors (Lipinski definition) is 2. The molecule has 0 amide bonds. The summed E-state index contributed by atoms with van der Waals surface area (Å²) >= 11 is 5.67. The van der Waals surface area contributed by atoms with Crippen LogP contribution in [0.4, 0.5) is 13.2 Å². The molecule has 0 N–H and O–H groups in total. The van der Waals surface area contributed by atoms with Crippen molar-refractivity contribution < 1.29 is 17.9 Å². The maximum absolute atomic E-state index is 13.9. The third-order valence-corrected chi connectivity index (χ3v) is 2.87. The van der Waals surface area contributed by atoms with E-state index in [0.29, 0.717) is 5.56 Å². The molecule has 2 nitrogen and oxygen atoms in total. The fourth-order valence-electron chi connectivity index (χ4n) is 1.70. The molecule has 0 aliphatic heterocycles. The van der Waals surface area contributed by atoms with Crippen molar-refractivity contribution in [3.05, 3.63) is 52.8 Å². The Hall–Kier alpha value is -2.19. The van der Waals surface area contributed by atoms with Crippen LogP contribution >= 0.6 is 11.6 Å². The first-order chi connectivity index (χ1) is 9.52. The monoisotopic (exact) mass is 297 g/mol. The first-order valence-corrected chi connectivity index (χ1v) is 5.84. The molecule has 102 valence electrons. The van der Waals surface area contributed by atoms with Gasteiger partial charge in [0.15, 0.2) is 0 Å². The van der Waals surface area contributed by atoms with Gasteiger partial charge in [-0.15, -0.1) is 0 Å². The van der Waals surface area contributed by atoms with Crippen molar-refractivity contribution in [2.24, 2.45) is 0 Å². The number of halogens is 4. The van der Waals surface area contributed by atoms with E-state index in [4.69, 9.17) is 16.9 Å². The van der Waals surface area contributed by atoms with E-state index in [0.717, 1.165) is 0 Å². The zero-order valence-electron chi connectivity index (χ0n) is 9.91. The molecule has 0 unspecified atom stereocenters. The zero-order chi connectivity index (χ0) is 14.7. The number of rotatable bonds is 3. The summed E-state index contributed by atoms with van der Waals surface area (Å²) < 4.78 is 42.7. The van der Waals surface area contributed by atoms with Crippen molar-refractivity contribution in [1.82, 2.24) is 0 Å². The molecule has 2 aromatic carbocycles. The molecule has 2 rings (SSSR count). The highest BCUT2D eigenvalue weighted by molar-refractivity contribution is 6.31. The van der Waals surface area contributed by atoms with E-state index in [1.54, 1.807) is 6.07 Å². The highest BCUT2D eigenvalue weighted by Crippen LogP contribution is 2.32.